The van der Waals surface area contributed by atoms with E-state index in [0.29, 0.717) is 17.3 Å². The number of carbonyl (C=O) groups is 2. The molecule has 0 bridgehead atoms. The zero-order chi connectivity index (χ0) is 18.6. The first-order valence-corrected chi connectivity index (χ1v) is 8.13. The van der Waals surface area contributed by atoms with Gasteiger partial charge in [-0.2, -0.15) is 0 Å². The predicted molar refractivity (Wildman–Crippen MR) is 92.6 cm³/mol. The van der Waals surface area contributed by atoms with Gasteiger partial charge in [-0.25, -0.2) is 9.36 Å². The van der Waals surface area contributed by atoms with Crippen LogP contribution >= 0.6 is 0 Å². The standard InChI is InChI=1S/C17H21N3O5/c1-3-4-9-13(14(21)18-10(2)16(23)24)20-15(22)11-7-5-6-8-12(11)19-17(20)25/h5-8,10,13H,3-4,9H2,1-2H3,(H,18,21)(H,19,25)(H,23,24)/t10-,13-/m0/s1. The number of nitrogens with one attached hydrogen (secondary N) is 2. The third-order valence-electron chi connectivity index (χ3n) is 4.01. The molecule has 0 spiro atoms. The average molecular weight is 347 g/mol. The molecule has 0 saturated heterocycles. The van der Waals surface area contributed by atoms with Crippen molar-refractivity contribution in [2.24, 2.45) is 0 Å². The highest BCUT2D eigenvalue weighted by Crippen LogP contribution is 2.14. The zero-order valence-electron chi connectivity index (χ0n) is 14.1. The molecule has 1 aromatic carbocycles. The van der Waals surface area contributed by atoms with E-state index in [2.05, 4.69) is 10.3 Å². The van der Waals surface area contributed by atoms with Gasteiger partial charge in [-0.05, 0) is 25.5 Å². The van der Waals surface area contributed by atoms with Gasteiger partial charge in [0.05, 0.1) is 10.9 Å². The lowest BCUT2D eigenvalue weighted by molar-refractivity contribution is -0.141. The van der Waals surface area contributed by atoms with Gasteiger partial charge in [-0.15, -0.1) is 0 Å². The molecule has 8 nitrogen and oxygen atoms in total. The third kappa shape index (κ3) is 3.96. The molecule has 2 rings (SSSR count). The molecule has 8 heteroatoms. The number of nitrogens with zero attached hydrogens (tertiary/aromatic N) is 1. The Hall–Kier alpha value is -2.90. The Morgan fingerprint density at radius 1 is 1.28 bits per heavy atom. The van der Waals surface area contributed by atoms with Crippen LogP contribution in [0.25, 0.3) is 10.9 Å². The second-order valence-corrected chi connectivity index (χ2v) is 5.88. The van der Waals surface area contributed by atoms with Crippen LogP contribution in [0.3, 0.4) is 0 Å². The lowest BCUT2D eigenvalue weighted by Gasteiger charge is -2.20. The number of carboxylic acids is 1. The molecule has 25 heavy (non-hydrogen) atoms. The average Bonchev–Trinajstić information content (AvgIpc) is 2.57. The number of carbonyl (C=O) groups excluding carboxylic acids is 1. The maximum Gasteiger partial charge on any atom is 0.329 e. The largest absolute Gasteiger partial charge is 0.480 e. The number of amides is 1. The first-order chi connectivity index (χ1) is 11.9. The maximum absolute atomic E-state index is 12.7. The van der Waals surface area contributed by atoms with Crippen molar-refractivity contribution in [3.05, 3.63) is 45.1 Å². The van der Waals surface area contributed by atoms with Crippen molar-refractivity contribution in [1.29, 1.82) is 0 Å². The predicted octanol–water partition coefficient (Wildman–Crippen LogP) is 1.01. The molecule has 0 aliphatic rings. The fourth-order valence-corrected chi connectivity index (χ4v) is 2.61. The molecule has 1 aromatic heterocycles. The molecule has 0 unspecified atom stereocenters. The molecule has 1 amide bonds. The van der Waals surface area contributed by atoms with Gasteiger partial charge >= 0.3 is 11.7 Å². The number of aromatic nitrogens is 2. The maximum atomic E-state index is 12.7. The Balaban J connectivity index is 2.53. The van der Waals surface area contributed by atoms with Crippen LogP contribution in [-0.2, 0) is 9.59 Å². The molecule has 3 N–H and O–H groups in total. The van der Waals surface area contributed by atoms with Crippen molar-refractivity contribution in [3.8, 4) is 0 Å². The van der Waals surface area contributed by atoms with E-state index in [1.54, 1.807) is 24.3 Å². The summed E-state index contributed by atoms with van der Waals surface area (Å²) in [6.07, 6.45) is 1.63. The Labute approximate surface area is 143 Å². The van der Waals surface area contributed by atoms with Gasteiger partial charge in [0.1, 0.15) is 12.1 Å². The Kier molecular flexibility index (Phi) is 5.74. The molecule has 134 valence electrons. The highest BCUT2D eigenvalue weighted by atomic mass is 16.4. The summed E-state index contributed by atoms with van der Waals surface area (Å²) in [5, 5.41) is 11.6. The van der Waals surface area contributed by atoms with Crippen molar-refractivity contribution in [2.75, 3.05) is 0 Å². The van der Waals surface area contributed by atoms with Crippen LogP contribution in [0.2, 0.25) is 0 Å². The van der Waals surface area contributed by atoms with E-state index < -0.39 is 35.2 Å². The monoisotopic (exact) mass is 347 g/mol. The van der Waals surface area contributed by atoms with E-state index in [0.717, 1.165) is 11.0 Å². The van der Waals surface area contributed by atoms with Gasteiger partial charge in [0.25, 0.3) is 5.56 Å². The summed E-state index contributed by atoms with van der Waals surface area (Å²) in [6, 6.07) is 4.35. The van der Waals surface area contributed by atoms with Crippen molar-refractivity contribution in [1.82, 2.24) is 14.9 Å². The number of para-hydroxylation sites is 1. The van der Waals surface area contributed by atoms with Gasteiger partial charge in [0.15, 0.2) is 0 Å². The van der Waals surface area contributed by atoms with Crippen molar-refractivity contribution in [2.45, 2.75) is 45.2 Å². The SMILES string of the molecule is CCCC[C@@H](C(=O)N[C@@H](C)C(=O)O)n1c(=O)[nH]c2ccccc2c1=O. The molecule has 0 aliphatic carbocycles. The highest BCUT2D eigenvalue weighted by molar-refractivity contribution is 5.86. The minimum Gasteiger partial charge on any atom is -0.480 e. The van der Waals surface area contributed by atoms with Crippen LogP contribution < -0.4 is 16.6 Å². The van der Waals surface area contributed by atoms with Crippen LogP contribution in [0.4, 0.5) is 0 Å². The molecule has 0 aliphatic heterocycles. The van der Waals surface area contributed by atoms with E-state index in [9.17, 15) is 19.2 Å². The number of fused-ring (bicyclic) bond motifs is 1. The van der Waals surface area contributed by atoms with E-state index in [1.807, 2.05) is 6.92 Å². The summed E-state index contributed by atoms with van der Waals surface area (Å²) in [7, 11) is 0. The quantitative estimate of drug-likeness (QED) is 0.690. The molecule has 2 atom stereocenters. The zero-order valence-corrected chi connectivity index (χ0v) is 14.1. The van der Waals surface area contributed by atoms with Crippen LogP contribution in [0.15, 0.2) is 33.9 Å². The van der Waals surface area contributed by atoms with Gasteiger partial charge < -0.3 is 15.4 Å². The Bertz CT molecular complexity index is 899. The fraction of sp³-hybridized carbons (Fsp3) is 0.412. The summed E-state index contributed by atoms with van der Waals surface area (Å²) >= 11 is 0. The summed E-state index contributed by atoms with van der Waals surface area (Å²) < 4.78 is 0.877. The van der Waals surface area contributed by atoms with Crippen molar-refractivity contribution < 1.29 is 14.7 Å². The van der Waals surface area contributed by atoms with Crippen molar-refractivity contribution >= 4 is 22.8 Å². The van der Waals surface area contributed by atoms with Crippen LogP contribution in [0, 0.1) is 0 Å². The summed E-state index contributed by atoms with van der Waals surface area (Å²) in [4.78, 5) is 51.2. The highest BCUT2D eigenvalue weighted by Gasteiger charge is 2.26. The van der Waals surface area contributed by atoms with Gasteiger partial charge in [-0.1, -0.05) is 31.9 Å². The molecule has 0 radical (unpaired) electrons. The second-order valence-electron chi connectivity index (χ2n) is 5.88. The number of aliphatic carboxylic acids is 1. The first-order valence-electron chi connectivity index (χ1n) is 8.13. The molecule has 1 heterocycles. The van der Waals surface area contributed by atoms with Gasteiger partial charge in [0, 0.05) is 0 Å². The first kappa shape index (κ1) is 18.4. The van der Waals surface area contributed by atoms with E-state index in [1.165, 1.54) is 6.92 Å². The van der Waals surface area contributed by atoms with E-state index in [4.69, 9.17) is 5.11 Å². The Morgan fingerprint density at radius 2 is 1.96 bits per heavy atom. The smallest absolute Gasteiger partial charge is 0.329 e. The molecule has 2 aromatic rings. The summed E-state index contributed by atoms with van der Waals surface area (Å²) in [5.74, 6) is -1.85. The van der Waals surface area contributed by atoms with E-state index in [-0.39, 0.29) is 6.42 Å². The van der Waals surface area contributed by atoms with Crippen LogP contribution in [-0.4, -0.2) is 32.6 Å². The normalized spacial score (nSPS) is 13.4. The number of rotatable bonds is 7. The fourth-order valence-electron chi connectivity index (χ4n) is 2.61. The summed E-state index contributed by atoms with van der Waals surface area (Å²) in [5.41, 5.74) is -0.871. The number of hydrogen-bond donors (Lipinski definition) is 3. The number of H-pyrrole nitrogens is 1. The van der Waals surface area contributed by atoms with Gasteiger partial charge in [0.2, 0.25) is 5.91 Å². The lowest BCUT2D eigenvalue weighted by Crippen LogP contribution is -2.48. The lowest BCUT2D eigenvalue weighted by atomic mass is 10.1. The molecular formula is C17H21N3O5. The number of aromatic amines is 1. The van der Waals surface area contributed by atoms with Crippen LogP contribution in [0.5, 0.6) is 0 Å². The third-order valence-corrected chi connectivity index (χ3v) is 4.01. The van der Waals surface area contributed by atoms with Crippen LogP contribution in [0.1, 0.15) is 39.2 Å². The topological polar surface area (TPSA) is 121 Å². The number of carboxylic acid groups (broad SMARTS) is 1. The van der Waals surface area contributed by atoms with Gasteiger partial charge in [-0.3, -0.25) is 14.4 Å². The summed E-state index contributed by atoms with van der Waals surface area (Å²) in [6.45, 7) is 3.24. The number of hydrogen-bond acceptors (Lipinski definition) is 4. The number of unbranched alkanes of at least 4 members (excludes halogenated alkanes) is 1. The molecule has 0 fully saturated rings. The minimum atomic E-state index is -1.19. The Morgan fingerprint density at radius 3 is 2.60 bits per heavy atom. The molecule has 0 saturated carbocycles. The second kappa shape index (κ2) is 7.78. The van der Waals surface area contributed by atoms with Crippen molar-refractivity contribution in [3.63, 3.8) is 0 Å². The number of benzene rings is 1. The van der Waals surface area contributed by atoms with E-state index >= 15 is 0 Å². The molecular weight excluding hydrogens is 326 g/mol. The minimum absolute atomic E-state index is 0.260.